The summed E-state index contributed by atoms with van der Waals surface area (Å²) in [5, 5.41) is 0.574. The van der Waals surface area contributed by atoms with Crippen molar-refractivity contribution in [3.63, 3.8) is 0 Å². The van der Waals surface area contributed by atoms with Gasteiger partial charge in [-0.2, -0.15) is 0 Å². The van der Waals surface area contributed by atoms with Gasteiger partial charge in [-0.25, -0.2) is 0 Å². The second-order valence-corrected chi connectivity index (χ2v) is 6.93. The van der Waals surface area contributed by atoms with Gasteiger partial charge in [0.2, 0.25) is 11.8 Å². The van der Waals surface area contributed by atoms with Gasteiger partial charge in [0.1, 0.15) is 12.1 Å². The molecule has 1 aromatic carbocycles. The van der Waals surface area contributed by atoms with Crippen molar-refractivity contribution in [2.24, 2.45) is 0 Å². The molecule has 24 heavy (non-hydrogen) atoms. The molecule has 0 radical (unpaired) electrons. The number of halogens is 1. The van der Waals surface area contributed by atoms with Crippen LogP contribution in [0.1, 0.15) is 23.2 Å². The highest BCUT2D eigenvalue weighted by atomic mass is 35.5. The molecule has 4 rings (SSSR count). The van der Waals surface area contributed by atoms with E-state index in [4.69, 9.17) is 11.6 Å². The van der Waals surface area contributed by atoms with Crippen LogP contribution in [0.25, 0.3) is 0 Å². The lowest BCUT2D eigenvalue weighted by Gasteiger charge is -2.47. The summed E-state index contributed by atoms with van der Waals surface area (Å²) in [6, 6.07) is 5.89. The summed E-state index contributed by atoms with van der Waals surface area (Å²) in [7, 11) is 0. The molecule has 126 valence electrons. The van der Waals surface area contributed by atoms with E-state index in [1.54, 1.807) is 39.0 Å². The molecule has 1 aromatic rings. The Hall–Kier alpha value is -2.08. The maximum absolute atomic E-state index is 12.7. The van der Waals surface area contributed by atoms with Crippen molar-refractivity contribution < 1.29 is 14.4 Å². The minimum absolute atomic E-state index is 0.0225. The Morgan fingerprint density at radius 3 is 2.38 bits per heavy atom. The number of piperazine rings is 2. The van der Waals surface area contributed by atoms with E-state index in [9.17, 15) is 14.4 Å². The molecule has 3 fully saturated rings. The third-order valence-corrected chi connectivity index (χ3v) is 5.40. The summed E-state index contributed by atoms with van der Waals surface area (Å²) >= 11 is 5.86. The van der Waals surface area contributed by atoms with Crippen molar-refractivity contribution in [3.05, 3.63) is 34.9 Å². The number of benzene rings is 1. The van der Waals surface area contributed by atoms with Crippen LogP contribution >= 0.6 is 11.6 Å². The van der Waals surface area contributed by atoms with E-state index in [2.05, 4.69) is 0 Å². The van der Waals surface area contributed by atoms with Crippen molar-refractivity contribution in [1.82, 2.24) is 14.7 Å². The Labute approximate surface area is 144 Å². The van der Waals surface area contributed by atoms with Crippen molar-refractivity contribution in [2.45, 2.75) is 24.9 Å². The molecule has 7 heteroatoms. The number of amides is 3. The third kappa shape index (κ3) is 2.36. The van der Waals surface area contributed by atoms with Gasteiger partial charge in [0.05, 0.1) is 6.54 Å². The molecule has 2 atom stereocenters. The molecule has 0 bridgehead atoms. The third-order valence-electron chi connectivity index (χ3n) is 5.15. The van der Waals surface area contributed by atoms with E-state index in [0.717, 1.165) is 12.8 Å². The zero-order valence-electron chi connectivity index (χ0n) is 13.2. The molecule has 6 nitrogen and oxygen atoms in total. The monoisotopic (exact) mass is 347 g/mol. The van der Waals surface area contributed by atoms with Gasteiger partial charge in [-0.15, -0.1) is 0 Å². The Kier molecular flexibility index (Phi) is 3.72. The van der Waals surface area contributed by atoms with Crippen LogP contribution in [0.4, 0.5) is 0 Å². The minimum Gasteiger partial charge on any atom is -0.334 e. The van der Waals surface area contributed by atoms with Crippen molar-refractivity contribution in [2.75, 3.05) is 26.2 Å². The first-order valence-electron chi connectivity index (χ1n) is 8.22. The van der Waals surface area contributed by atoms with Gasteiger partial charge in [0, 0.05) is 30.2 Å². The highest BCUT2D eigenvalue weighted by Gasteiger charge is 2.49. The standard InChI is InChI=1S/C17H18ClN3O3/c18-12-5-3-11(4-6-12)15(22)19-8-9-21-14(10-19)17(24)20-7-1-2-13(20)16(21)23/h3-6,13-14H,1-2,7-10H2/t13-,14+/m0/s1. The average molecular weight is 348 g/mol. The zero-order valence-corrected chi connectivity index (χ0v) is 13.9. The number of carbonyl (C=O) groups is 3. The quantitative estimate of drug-likeness (QED) is 0.761. The molecule has 0 aromatic heterocycles. The summed E-state index contributed by atoms with van der Waals surface area (Å²) in [6.07, 6.45) is 1.62. The highest BCUT2D eigenvalue weighted by molar-refractivity contribution is 6.30. The molecular weight excluding hydrogens is 330 g/mol. The Morgan fingerprint density at radius 1 is 0.958 bits per heavy atom. The molecule has 3 saturated heterocycles. The molecule has 3 aliphatic rings. The number of hydrogen-bond donors (Lipinski definition) is 0. The maximum Gasteiger partial charge on any atom is 0.254 e. The fourth-order valence-corrected chi connectivity index (χ4v) is 4.01. The van der Waals surface area contributed by atoms with Gasteiger partial charge in [0.25, 0.3) is 5.91 Å². The minimum atomic E-state index is -0.545. The lowest BCUT2D eigenvalue weighted by molar-refractivity contribution is -0.162. The Bertz CT molecular complexity index is 706. The molecule has 3 amide bonds. The molecule has 0 unspecified atom stereocenters. The van der Waals surface area contributed by atoms with E-state index in [0.29, 0.717) is 30.2 Å². The fraction of sp³-hybridized carbons (Fsp3) is 0.471. The number of hydrogen-bond acceptors (Lipinski definition) is 3. The second-order valence-electron chi connectivity index (χ2n) is 6.50. The van der Waals surface area contributed by atoms with Crippen LogP contribution in [0.15, 0.2) is 24.3 Å². The first-order valence-corrected chi connectivity index (χ1v) is 8.60. The van der Waals surface area contributed by atoms with E-state index in [1.807, 2.05) is 0 Å². The van der Waals surface area contributed by atoms with Crippen LogP contribution in [0.3, 0.4) is 0 Å². The van der Waals surface area contributed by atoms with Crippen molar-refractivity contribution in [1.29, 1.82) is 0 Å². The summed E-state index contributed by atoms with van der Waals surface area (Å²) in [5.41, 5.74) is 0.543. The molecule has 3 aliphatic heterocycles. The summed E-state index contributed by atoms with van der Waals surface area (Å²) in [5.74, 6) is -0.114. The lowest BCUT2D eigenvalue weighted by atomic mass is 10.0. The second kappa shape index (κ2) is 5.77. The molecule has 0 spiro atoms. The van der Waals surface area contributed by atoms with Gasteiger partial charge in [-0.05, 0) is 37.1 Å². The lowest BCUT2D eigenvalue weighted by Crippen LogP contribution is -2.69. The van der Waals surface area contributed by atoms with E-state index in [-0.39, 0.29) is 30.3 Å². The van der Waals surface area contributed by atoms with Gasteiger partial charge < -0.3 is 14.7 Å². The normalized spacial score (nSPS) is 26.5. The maximum atomic E-state index is 12.7. The van der Waals surface area contributed by atoms with Crippen molar-refractivity contribution >= 4 is 29.3 Å². The molecule has 3 heterocycles. The average Bonchev–Trinajstić information content (AvgIpc) is 3.09. The van der Waals surface area contributed by atoms with Crippen LogP contribution in [0, 0.1) is 0 Å². The first-order chi connectivity index (χ1) is 11.6. The summed E-state index contributed by atoms with van der Waals surface area (Å²) in [4.78, 5) is 43.0. The van der Waals surface area contributed by atoms with Crippen molar-refractivity contribution in [3.8, 4) is 0 Å². The Morgan fingerprint density at radius 2 is 1.62 bits per heavy atom. The van der Waals surface area contributed by atoms with Crippen LogP contribution in [0.2, 0.25) is 5.02 Å². The zero-order chi connectivity index (χ0) is 16.8. The van der Waals surface area contributed by atoms with E-state index in [1.165, 1.54) is 0 Å². The first kappa shape index (κ1) is 15.4. The highest BCUT2D eigenvalue weighted by Crippen LogP contribution is 2.29. The topological polar surface area (TPSA) is 60.9 Å². The van der Waals surface area contributed by atoms with Gasteiger partial charge in [-0.1, -0.05) is 11.6 Å². The van der Waals surface area contributed by atoms with Crippen LogP contribution in [-0.4, -0.2) is 70.7 Å². The smallest absolute Gasteiger partial charge is 0.254 e. The predicted octanol–water partition coefficient (Wildman–Crippen LogP) is 0.998. The molecular formula is C17H18ClN3O3. The largest absolute Gasteiger partial charge is 0.334 e. The van der Waals surface area contributed by atoms with Crippen LogP contribution in [0.5, 0.6) is 0 Å². The van der Waals surface area contributed by atoms with Gasteiger partial charge in [-0.3, -0.25) is 14.4 Å². The van der Waals surface area contributed by atoms with Crippen LogP contribution < -0.4 is 0 Å². The summed E-state index contributed by atoms with van der Waals surface area (Å²) < 4.78 is 0. The van der Waals surface area contributed by atoms with Crippen LogP contribution in [-0.2, 0) is 9.59 Å². The number of fused-ring (bicyclic) bond motifs is 2. The molecule has 0 saturated carbocycles. The van der Waals surface area contributed by atoms with Gasteiger partial charge >= 0.3 is 0 Å². The molecule has 0 N–H and O–H groups in total. The SMILES string of the molecule is O=C(c1ccc(Cl)cc1)N1CCN2C(=O)[C@@H]3CCCN3C(=O)[C@H]2C1. The predicted molar refractivity (Wildman–Crippen MR) is 87.6 cm³/mol. The van der Waals surface area contributed by atoms with Gasteiger partial charge in [0.15, 0.2) is 0 Å². The summed E-state index contributed by atoms with van der Waals surface area (Å²) in [6.45, 7) is 1.77. The Balaban J connectivity index is 1.54. The number of rotatable bonds is 1. The fourth-order valence-electron chi connectivity index (χ4n) is 3.89. The molecule has 0 aliphatic carbocycles. The van der Waals surface area contributed by atoms with E-state index < -0.39 is 6.04 Å². The van der Waals surface area contributed by atoms with E-state index >= 15 is 0 Å². The number of carbonyl (C=O) groups excluding carboxylic acids is 3. The number of nitrogens with zero attached hydrogens (tertiary/aromatic N) is 3.